The normalized spacial score (nSPS) is 11.2. The largest absolute Gasteiger partial charge is 0.328 e. The van der Waals surface area contributed by atoms with Crippen LogP contribution >= 0.6 is 11.6 Å². The molecule has 0 fully saturated rings. The van der Waals surface area contributed by atoms with Gasteiger partial charge in [0, 0.05) is 12.6 Å². The van der Waals surface area contributed by atoms with Crippen molar-refractivity contribution in [3.63, 3.8) is 0 Å². The van der Waals surface area contributed by atoms with Crippen molar-refractivity contribution in [2.75, 3.05) is 0 Å². The van der Waals surface area contributed by atoms with Crippen molar-refractivity contribution in [1.29, 1.82) is 0 Å². The van der Waals surface area contributed by atoms with Crippen LogP contribution in [0.4, 0.5) is 0 Å². The topological polar surface area (TPSA) is 30.7 Å². The first-order valence-electron chi connectivity index (χ1n) is 5.69. The minimum atomic E-state index is 0.561. The van der Waals surface area contributed by atoms with Crippen molar-refractivity contribution >= 4 is 22.6 Å². The summed E-state index contributed by atoms with van der Waals surface area (Å²) in [6, 6.07) is 1.90. The Labute approximate surface area is 100 Å². The molecule has 0 atom stereocenters. The molecule has 16 heavy (non-hydrogen) atoms. The van der Waals surface area contributed by atoms with Crippen LogP contribution in [0.25, 0.3) is 11.0 Å². The summed E-state index contributed by atoms with van der Waals surface area (Å²) in [5.74, 6) is 1.03. The minimum absolute atomic E-state index is 0.561. The summed E-state index contributed by atoms with van der Waals surface area (Å²) in [7, 11) is 0. The van der Waals surface area contributed by atoms with E-state index in [1.54, 1.807) is 0 Å². The van der Waals surface area contributed by atoms with Crippen LogP contribution < -0.4 is 0 Å². The molecule has 2 aromatic rings. The predicted molar refractivity (Wildman–Crippen MR) is 66.9 cm³/mol. The number of fused-ring (bicyclic) bond motifs is 1. The second kappa shape index (κ2) is 4.42. The summed E-state index contributed by atoms with van der Waals surface area (Å²) < 4.78 is 2.17. The molecular weight excluding hydrogens is 222 g/mol. The lowest BCUT2D eigenvalue weighted by Gasteiger charge is -2.04. The Bertz CT molecular complexity index is 516. The monoisotopic (exact) mass is 237 g/mol. The van der Waals surface area contributed by atoms with Crippen molar-refractivity contribution in [1.82, 2.24) is 14.5 Å². The molecule has 0 aliphatic heterocycles. The van der Waals surface area contributed by atoms with Gasteiger partial charge in [-0.25, -0.2) is 9.97 Å². The van der Waals surface area contributed by atoms with Gasteiger partial charge in [0.1, 0.15) is 16.5 Å². The predicted octanol–water partition coefficient (Wildman–Crippen LogP) is 3.37. The van der Waals surface area contributed by atoms with Gasteiger partial charge in [0.15, 0.2) is 0 Å². The van der Waals surface area contributed by atoms with E-state index in [9.17, 15) is 0 Å². The first-order valence-corrected chi connectivity index (χ1v) is 6.07. The number of rotatable bonds is 3. The highest BCUT2D eigenvalue weighted by Gasteiger charge is 2.12. The molecule has 4 heteroatoms. The third-order valence-corrected chi connectivity index (χ3v) is 2.97. The van der Waals surface area contributed by atoms with Crippen LogP contribution in [0.3, 0.4) is 0 Å². The zero-order valence-electron chi connectivity index (χ0n) is 9.92. The van der Waals surface area contributed by atoms with E-state index in [1.165, 1.54) is 0 Å². The fourth-order valence-electron chi connectivity index (χ4n) is 2.08. The molecule has 0 aliphatic rings. The van der Waals surface area contributed by atoms with Gasteiger partial charge in [-0.15, -0.1) is 0 Å². The second-order valence-electron chi connectivity index (χ2n) is 3.91. The molecule has 0 bridgehead atoms. The molecular formula is C12H16ClN3. The summed E-state index contributed by atoms with van der Waals surface area (Å²) in [5.41, 5.74) is 3.12. The van der Waals surface area contributed by atoms with E-state index < -0.39 is 0 Å². The van der Waals surface area contributed by atoms with Gasteiger partial charge in [0.2, 0.25) is 0 Å². The van der Waals surface area contributed by atoms with Crippen LogP contribution in [0.5, 0.6) is 0 Å². The molecule has 0 saturated heterocycles. The van der Waals surface area contributed by atoms with Gasteiger partial charge in [0.25, 0.3) is 0 Å². The molecule has 0 unspecified atom stereocenters. The number of aromatic nitrogens is 3. The van der Waals surface area contributed by atoms with E-state index in [0.29, 0.717) is 5.15 Å². The number of pyridine rings is 1. The van der Waals surface area contributed by atoms with Crippen LogP contribution in [0.1, 0.15) is 31.8 Å². The van der Waals surface area contributed by atoms with Crippen LogP contribution in [0, 0.1) is 6.92 Å². The zero-order chi connectivity index (χ0) is 11.7. The smallest absolute Gasteiger partial charge is 0.131 e. The van der Waals surface area contributed by atoms with E-state index in [4.69, 9.17) is 11.6 Å². The molecule has 0 saturated carbocycles. The molecule has 0 spiro atoms. The molecule has 2 rings (SSSR count). The van der Waals surface area contributed by atoms with Gasteiger partial charge in [-0.05, 0) is 20.3 Å². The summed E-state index contributed by atoms with van der Waals surface area (Å²) in [4.78, 5) is 8.95. The average Bonchev–Trinajstić information content (AvgIpc) is 2.54. The summed E-state index contributed by atoms with van der Waals surface area (Å²) in [6.07, 6.45) is 1.98. The Kier molecular flexibility index (Phi) is 3.15. The molecule has 3 nitrogen and oxygen atoms in total. The van der Waals surface area contributed by atoms with Crippen LogP contribution in [-0.2, 0) is 13.0 Å². The first kappa shape index (κ1) is 11.4. The average molecular weight is 238 g/mol. The molecule has 0 radical (unpaired) electrons. The van der Waals surface area contributed by atoms with Gasteiger partial charge in [-0.1, -0.05) is 24.9 Å². The highest BCUT2D eigenvalue weighted by Crippen LogP contribution is 2.23. The molecule has 0 N–H and O–H groups in total. The quantitative estimate of drug-likeness (QED) is 0.767. The highest BCUT2D eigenvalue weighted by molar-refractivity contribution is 6.30. The minimum Gasteiger partial charge on any atom is -0.328 e. The maximum Gasteiger partial charge on any atom is 0.131 e. The molecule has 86 valence electrons. The van der Waals surface area contributed by atoms with Crippen molar-refractivity contribution in [3.8, 4) is 0 Å². The first-order chi connectivity index (χ1) is 7.67. The van der Waals surface area contributed by atoms with Gasteiger partial charge in [0.05, 0.1) is 11.2 Å². The summed E-state index contributed by atoms with van der Waals surface area (Å²) in [6.45, 7) is 7.18. The van der Waals surface area contributed by atoms with Crippen molar-refractivity contribution < 1.29 is 0 Å². The van der Waals surface area contributed by atoms with Gasteiger partial charge >= 0.3 is 0 Å². The highest BCUT2D eigenvalue weighted by atomic mass is 35.5. The Morgan fingerprint density at radius 2 is 2.06 bits per heavy atom. The fraction of sp³-hybridized carbons (Fsp3) is 0.500. The van der Waals surface area contributed by atoms with E-state index in [0.717, 1.165) is 41.9 Å². The third kappa shape index (κ3) is 1.80. The van der Waals surface area contributed by atoms with Gasteiger partial charge in [-0.2, -0.15) is 0 Å². The van der Waals surface area contributed by atoms with E-state index in [2.05, 4.69) is 28.4 Å². The third-order valence-electron chi connectivity index (χ3n) is 2.77. The lowest BCUT2D eigenvalue weighted by Crippen LogP contribution is -1.97. The fourth-order valence-corrected chi connectivity index (χ4v) is 2.28. The molecule has 0 aliphatic carbocycles. The number of halogens is 1. The zero-order valence-corrected chi connectivity index (χ0v) is 10.7. The van der Waals surface area contributed by atoms with Crippen molar-refractivity contribution in [2.24, 2.45) is 0 Å². The Morgan fingerprint density at radius 3 is 2.69 bits per heavy atom. The Morgan fingerprint density at radius 1 is 1.31 bits per heavy atom. The van der Waals surface area contributed by atoms with Crippen LogP contribution in [-0.4, -0.2) is 14.5 Å². The summed E-state index contributed by atoms with van der Waals surface area (Å²) in [5, 5.41) is 0.561. The summed E-state index contributed by atoms with van der Waals surface area (Å²) >= 11 is 6.05. The SMILES string of the molecule is CCCc1nc(Cl)cc2c1nc(C)n2CC. The second-order valence-corrected chi connectivity index (χ2v) is 4.30. The molecule has 2 aromatic heterocycles. The Balaban J connectivity index is 2.73. The molecule has 2 heterocycles. The van der Waals surface area contributed by atoms with E-state index in [1.807, 2.05) is 13.0 Å². The Hall–Kier alpha value is -1.09. The number of hydrogen-bond acceptors (Lipinski definition) is 2. The van der Waals surface area contributed by atoms with Crippen LogP contribution in [0.2, 0.25) is 5.15 Å². The maximum atomic E-state index is 6.05. The van der Waals surface area contributed by atoms with Gasteiger partial charge in [-0.3, -0.25) is 0 Å². The number of aryl methyl sites for hydroxylation is 3. The van der Waals surface area contributed by atoms with Crippen LogP contribution in [0.15, 0.2) is 6.07 Å². The lowest BCUT2D eigenvalue weighted by molar-refractivity contribution is 0.753. The maximum absolute atomic E-state index is 6.05. The van der Waals surface area contributed by atoms with E-state index >= 15 is 0 Å². The number of imidazole rings is 1. The van der Waals surface area contributed by atoms with Crippen molar-refractivity contribution in [3.05, 3.63) is 22.7 Å². The molecule has 0 amide bonds. The lowest BCUT2D eigenvalue weighted by atomic mass is 10.2. The molecule has 0 aromatic carbocycles. The number of hydrogen-bond donors (Lipinski definition) is 0. The number of nitrogens with zero attached hydrogens (tertiary/aromatic N) is 3. The van der Waals surface area contributed by atoms with Crippen molar-refractivity contribution in [2.45, 2.75) is 40.2 Å². The van der Waals surface area contributed by atoms with E-state index in [-0.39, 0.29) is 0 Å². The van der Waals surface area contributed by atoms with Gasteiger partial charge < -0.3 is 4.57 Å². The standard InChI is InChI=1S/C12H16ClN3/c1-4-6-9-12-10(7-11(13)15-9)16(5-2)8(3)14-12/h7H,4-6H2,1-3H3.